The molecule has 1 aliphatic rings. The van der Waals surface area contributed by atoms with Gasteiger partial charge in [0, 0.05) is 30.5 Å². The molecule has 1 saturated heterocycles. The molecule has 0 unspecified atom stereocenters. The number of halogens is 1. The Morgan fingerprint density at radius 1 is 1.13 bits per heavy atom. The maximum atomic E-state index is 13.6. The number of nitrogens with one attached hydrogen (secondary N) is 1. The molecule has 2 aromatic carbocycles. The summed E-state index contributed by atoms with van der Waals surface area (Å²) in [5, 5.41) is 3.07. The summed E-state index contributed by atoms with van der Waals surface area (Å²) >= 11 is 0. The van der Waals surface area contributed by atoms with Crippen molar-refractivity contribution < 1.29 is 9.18 Å². The van der Waals surface area contributed by atoms with Crippen molar-refractivity contribution in [2.24, 2.45) is 5.92 Å². The van der Waals surface area contributed by atoms with Crippen LogP contribution in [0.2, 0.25) is 0 Å². The van der Waals surface area contributed by atoms with E-state index in [1.165, 1.54) is 12.1 Å². The predicted molar refractivity (Wildman–Crippen MR) is 117 cm³/mol. The van der Waals surface area contributed by atoms with Gasteiger partial charge in [-0.05, 0) is 68.1 Å². The topological polar surface area (TPSA) is 58.1 Å². The van der Waals surface area contributed by atoms with Gasteiger partial charge >= 0.3 is 0 Å². The number of amides is 1. The Bertz CT molecular complexity index is 1050. The number of hydrogen-bond acceptors (Lipinski definition) is 4. The van der Waals surface area contributed by atoms with Crippen molar-refractivity contribution in [2.45, 2.75) is 26.7 Å². The lowest BCUT2D eigenvalue weighted by molar-refractivity contribution is -0.120. The van der Waals surface area contributed by atoms with Crippen LogP contribution >= 0.6 is 0 Å². The standard InChI is InChI=1S/C24H25FN4O/c1-16-11-17(2)13-21(12-16)27-24(30)19-6-4-10-29(15-19)22-8-9-26-23(28-22)18-5-3-7-20(25)14-18/h3,5,7-9,11-14,19H,4,6,10,15H2,1-2H3,(H,27,30)/t19-/m0/s1. The zero-order chi connectivity index (χ0) is 21.1. The van der Waals surface area contributed by atoms with E-state index in [9.17, 15) is 9.18 Å². The summed E-state index contributed by atoms with van der Waals surface area (Å²) in [5.41, 5.74) is 3.73. The lowest BCUT2D eigenvalue weighted by Crippen LogP contribution is -2.41. The van der Waals surface area contributed by atoms with Crippen LogP contribution in [-0.2, 0) is 4.79 Å². The molecular weight excluding hydrogens is 379 g/mol. The summed E-state index contributed by atoms with van der Waals surface area (Å²) in [6, 6.07) is 14.2. The minimum absolute atomic E-state index is 0.0316. The molecule has 30 heavy (non-hydrogen) atoms. The molecule has 0 saturated carbocycles. The minimum Gasteiger partial charge on any atom is -0.356 e. The SMILES string of the molecule is Cc1cc(C)cc(NC(=O)[C@H]2CCCN(c3ccnc(-c4cccc(F)c4)n3)C2)c1. The second-order valence-corrected chi connectivity index (χ2v) is 7.90. The zero-order valence-electron chi connectivity index (χ0n) is 17.2. The van der Waals surface area contributed by atoms with E-state index in [-0.39, 0.29) is 17.6 Å². The van der Waals surface area contributed by atoms with Crippen LogP contribution in [0, 0.1) is 25.6 Å². The monoisotopic (exact) mass is 404 g/mol. The first-order chi connectivity index (χ1) is 14.5. The van der Waals surface area contributed by atoms with Crippen LogP contribution in [0.5, 0.6) is 0 Å². The van der Waals surface area contributed by atoms with E-state index >= 15 is 0 Å². The van der Waals surface area contributed by atoms with Crippen molar-refractivity contribution in [3.63, 3.8) is 0 Å². The van der Waals surface area contributed by atoms with Gasteiger partial charge in [0.05, 0.1) is 5.92 Å². The van der Waals surface area contributed by atoms with Crippen molar-refractivity contribution in [1.82, 2.24) is 9.97 Å². The Labute approximate surface area is 176 Å². The van der Waals surface area contributed by atoms with Crippen molar-refractivity contribution >= 4 is 17.4 Å². The molecule has 4 rings (SSSR count). The average molecular weight is 404 g/mol. The second kappa shape index (κ2) is 8.61. The van der Waals surface area contributed by atoms with Crippen LogP contribution in [0.25, 0.3) is 11.4 Å². The summed E-state index contributed by atoms with van der Waals surface area (Å²) in [6.07, 6.45) is 3.43. The molecule has 6 heteroatoms. The van der Waals surface area contributed by atoms with E-state index in [0.29, 0.717) is 17.9 Å². The molecule has 1 amide bonds. The van der Waals surface area contributed by atoms with E-state index < -0.39 is 0 Å². The summed E-state index contributed by atoms with van der Waals surface area (Å²) in [7, 11) is 0. The van der Waals surface area contributed by atoms with Gasteiger partial charge in [-0.2, -0.15) is 0 Å². The van der Waals surface area contributed by atoms with E-state index in [1.807, 2.05) is 32.0 Å². The second-order valence-electron chi connectivity index (χ2n) is 7.90. The number of anilines is 2. The largest absolute Gasteiger partial charge is 0.356 e. The molecule has 154 valence electrons. The van der Waals surface area contributed by atoms with Gasteiger partial charge in [-0.25, -0.2) is 14.4 Å². The Hall–Kier alpha value is -3.28. The van der Waals surface area contributed by atoms with Gasteiger partial charge in [0.2, 0.25) is 5.91 Å². The molecule has 0 radical (unpaired) electrons. The first-order valence-corrected chi connectivity index (χ1v) is 10.2. The van der Waals surface area contributed by atoms with Crippen molar-refractivity contribution in [2.75, 3.05) is 23.3 Å². The van der Waals surface area contributed by atoms with Crippen molar-refractivity contribution in [3.8, 4) is 11.4 Å². The van der Waals surface area contributed by atoms with Crippen LogP contribution < -0.4 is 10.2 Å². The van der Waals surface area contributed by atoms with Crippen LogP contribution in [0.1, 0.15) is 24.0 Å². The molecule has 1 aliphatic heterocycles. The number of carbonyl (C=O) groups excluding carboxylic acids is 1. The fraction of sp³-hybridized carbons (Fsp3) is 0.292. The fourth-order valence-electron chi connectivity index (χ4n) is 3.98. The molecule has 1 aromatic heterocycles. The quantitative estimate of drug-likeness (QED) is 0.681. The molecule has 0 spiro atoms. The first-order valence-electron chi connectivity index (χ1n) is 10.2. The molecule has 0 aliphatic carbocycles. The molecule has 1 atom stereocenters. The number of piperidine rings is 1. The van der Waals surface area contributed by atoms with Crippen LogP contribution in [-0.4, -0.2) is 29.0 Å². The smallest absolute Gasteiger partial charge is 0.229 e. The lowest BCUT2D eigenvalue weighted by atomic mass is 9.97. The number of aromatic nitrogens is 2. The van der Waals surface area contributed by atoms with Gasteiger partial charge in [-0.3, -0.25) is 4.79 Å². The van der Waals surface area contributed by atoms with Gasteiger partial charge in [0.15, 0.2) is 5.82 Å². The number of carbonyl (C=O) groups is 1. The number of rotatable bonds is 4. The van der Waals surface area contributed by atoms with E-state index in [4.69, 9.17) is 0 Å². The summed E-state index contributed by atoms with van der Waals surface area (Å²) in [6.45, 7) is 5.47. The third-order valence-electron chi connectivity index (χ3n) is 5.33. The molecular formula is C24H25FN4O. The van der Waals surface area contributed by atoms with Gasteiger partial charge in [-0.1, -0.05) is 18.2 Å². The van der Waals surface area contributed by atoms with Gasteiger partial charge in [0.1, 0.15) is 11.6 Å². The van der Waals surface area contributed by atoms with E-state index in [0.717, 1.165) is 42.0 Å². The van der Waals surface area contributed by atoms with Gasteiger partial charge in [-0.15, -0.1) is 0 Å². The average Bonchev–Trinajstić information content (AvgIpc) is 2.73. The lowest BCUT2D eigenvalue weighted by Gasteiger charge is -2.33. The third kappa shape index (κ3) is 4.64. The van der Waals surface area contributed by atoms with Crippen LogP contribution in [0.15, 0.2) is 54.7 Å². The summed E-state index contributed by atoms with van der Waals surface area (Å²) < 4.78 is 13.6. The number of nitrogens with zero attached hydrogens (tertiary/aromatic N) is 3. The number of benzene rings is 2. The van der Waals surface area contributed by atoms with E-state index in [1.54, 1.807) is 18.3 Å². The zero-order valence-corrected chi connectivity index (χ0v) is 17.2. The number of aryl methyl sites for hydroxylation is 2. The van der Waals surface area contributed by atoms with Gasteiger partial charge in [0.25, 0.3) is 0 Å². The highest BCUT2D eigenvalue weighted by atomic mass is 19.1. The molecule has 2 heterocycles. The highest BCUT2D eigenvalue weighted by Gasteiger charge is 2.27. The maximum absolute atomic E-state index is 13.6. The Kier molecular flexibility index (Phi) is 5.74. The summed E-state index contributed by atoms with van der Waals surface area (Å²) in [4.78, 5) is 23.9. The van der Waals surface area contributed by atoms with E-state index in [2.05, 4.69) is 26.3 Å². The maximum Gasteiger partial charge on any atom is 0.229 e. The van der Waals surface area contributed by atoms with Gasteiger partial charge < -0.3 is 10.2 Å². The molecule has 1 fully saturated rings. The van der Waals surface area contributed by atoms with Crippen LogP contribution in [0.4, 0.5) is 15.9 Å². The number of hydrogen-bond donors (Lipinski definition) is 1. The highest BCUT2D eigenvalue weighted by molar-refractivity contribution is 5.93. The predicted octanol–water partition coefficient (Wildman–Crippen LogP) is 4.75. The Balaban J connectivity index is 1.48. The Morgan fingerprint density at radius 3 is 2.70 bits per heavy atom. The van der Waals surface area contributed by atoms with Crippen molar-refractivity contribution in [1.29, 1.82) is 0 Å². The third-order valence-corrected chi connectivity index (χ3v) is 5.33. The summed E-state index contributed by atoms with van der Waals surface area (Å²) in [5.74, 6) is 0.834. The Morgan fingerprint density at radius 2 is 1.93 bits per heavy atom. The molecule has 1 N–H and O–H groups in total. The fourth-order valence-corrected chi connectivity index (χ4v) is 3.98. The minimum atomic E-state index is -0.317. The normalized spacial score (nSPS) is 16.4. The molecule has 0 bridgehead atoms. The van der Waals surface area contributed by atoms with Crippen LogP contribution in [0.3, 0.4) is 0 Å². The van der Waals surface area contributed by atoms with Crippen molar-refractivity contribution in [3.05, 3.63) is 71.7 Å². The first kappa shape index (κ1) is 20.0. The molecule has 3 aromatic rings. The molecule has 5 nitrogen and oxygen atoms in total. The highest BCUT2D eigenvalue weighted by Crippen LogP contribution is 2.25.